The number of nitrogen functional groups attached to an aromatic ring is 1. The van der Waals surface area contributed by atoms with Gasteiger partial charge in [-0.15, -0.1) is 0 Å². The minimum absolute atomic E-state index is 0.156. The highest BCUT2D eigenvalue weighted by Crippen LogP contribution is 2.10. The van der Waals surface area contributed by atoms with E-state index in [1.807, 2.05) is 27.7 Å². The summed E-state index contributed by atoms with van der Waals surface area (Å²) in [6, 6.07) is 3.35. The highest BCUT2D eigenvalue weighted by molar-refractivity contribution is 5.94. The number of pyridine rings is 1. The molecule has 0 unspecified atom stereocenters. The van der Waals surface area contributed by atoms with E-state index in [1.54, 1.807) is 12.1 Å². The monoisotopic (exact) mass is 265 g/mol. The van der Waals surface area contributed by atoms with Crippen LogP contribution in [-0.2, 0) is 11.2 Å². The van der Waals surface area contributed by atoms with Crippen molar-refractivity contribution in [3.8, 4) is 0 Å². The van der Waals surface area contributed by atoms with E-state index in [0.29, 0.717) is 24.5 Å². The smallest absolute Gasteiger partial charge is 0.251 e. The van der Waals surface area contributed by atoms with Crippen molar-refractivity contribution in [3.63, 3.8) is 0 Å². The van der Waals surface area contributed by atoms with Crippen LogP contribution in [0.15, 0.2) is 12.1 Å². The molecule has 1 aromatic rings. The fourth-order valence-corrected chi connectivity index (χ4v) is 1.76. The first-order chi connectivity index (χ1) is 8.88. The molecule has 0 bridgehead atoms. The lowest BCUT2D eigenvalue weighted by atomic mass is 10.1. The summed E-state index contributed by atoms with van der Waals surface area (Å²) in [5, 5.41) is 2.86. The highest BCUT2D eigenvalue weighted by Gasteiger charge is 2.19. The van der Waals surface area contributed by atoms with Crippen LogP contribution < -0.4 is 11.1 Å². The van der Waals surface area contributed by atoms with Gasteiger partial charge in [0.15, 0.2) is 0 Å². The Kier molecular flexibility index (Phi) is 5.30. The molecular weight excluding hydrogens is 242 g/mol. The lowest BCUT2D eigenvalue weighted by Gasteiger charge is -2.24. The van der Waals surface area contributed by atoms with E-state index >= 15 is 0 Å². The third kappa shape index (κ3) is 4.87. The lowest BCUT2D eigenvalue weighted by Crippen LogP contribution is -2.40. The van der Waals surface area contributed by atoms with Gasteiger partial charge in [0, 0.05) is 24.4 Å². The molecule has 1 amide bonds. The summed E-state index contributed by atoms with van der Waals surface area (Å²) >= 11 is 0. The number of aromatic nitrogens is 1. The molecule has 1 rings (SSSR count). The zero-order valence-corrected chi connectivity index (χ0v) is 12.1. The fraction of sp³-hybridized carbons (Fsp3) is 0.571. The van der Waals surface area contributed by atoms with Gasteiger partial charge in [-0.05, 0) is 39.3 Å². The van der Waals surface area contributed by atoms with Crippen LogP contribution in [0.1, 0.15) is 43.7 Å². The molecule has 19 heavy (non-hydrogen) atoms. The SMILES string of the molecule is CCOC(C)(C)CNC(=O)c1cc(N)nc(CC)c1. The number of amides is 1. The van der Waals surface area contributed by atoms with Crippen molar-refractivity contribution >= 4 is 11.7 Å². The number of hydrogen-bond acceptors (Lipinski definition) is 4. The van der Waals surface area contributed by atoms with E-state index in [2.05, 4.69) is 10.3 Å². The molecule has 5 nitrogen and oxygen atoms in total. The molecule has 1 aromatic heterocycles. The van der Waals surface area contributed by atoms with Crippen molar-refractivity contribution in [3.05, 3.63) is 23.4 Å². The molecule has 0 saturated carbocycles. The van der Waals surface area contributed by atoms with Crippen LogP contribution in [0.25, 0.3) is 0 Å². The maximum atomic E-state index is 12.1. The van der Waals surface area contributed by atoms with Crippen molar-refractivity contribution in [2.75, 3.05) is 18.9 Å². The minimum Gasteiger partial charge on any atom is -0.384 e. The molecule has 1 heterocycles. The van der Waals surface area contributed by atoms with Crippen molar-refractivity contribution < 1.29 is 9.53 Å². The van der Waals surface area contributed by atoms with Crippen LogP contribution in [-0.4, -0.2) is 29.6 Å². The average molecular weight is 265 g/mol. The molecule has 3 N–H and O–H groups in total. The maximum absolute atomic E-state index is 12.1. The Morgan fingerprint density at radius 3 is 2.68 bits per heavy atom. The van der Waals surface area contributed by atoms with Crippen LogP contribution in [0, 0.1) is 0 Å². The summed E-state index contributed by atoms with van der Waals surface area (Å²) in [6.07, 6.45) is 0.746. The predicted molar refractivity (Wildman–Crippen MR) is 76.1 cm³/mol. The number of ether oxygens (including phenoxy) is 1. The normalized spacial score (nSPS) is 11.4. The van der Waals surface area contributed by atoms with E-state index in [1.165, 1.54) is 0 Å². The molecule has 0 radical (unpaired) electrons. The predicted octanol–water partition coefficient (Wildman–Crippen LogP) is 1.77. The third-order valence-corrected chi connectivity index (χ3v) is 2.73. The lowest BCUT2D eigenvalue weighted by molar-refractivity contribution is -0.00815. The first-order valence-electron chi connectivity index (χ1n) is 6.56. The summed E-state index contributed by atoms with van der Waals surface area (Å²) in [5.74, 6) is 0.213. The van der Waals surface area contributed by atoms with Crippen molar-refractivity contribution in [1.29, 1.82) is 0 Å². The Labute approximate surface area is 114 Å². The van der Waals surface area contributed by atoms with Crippen LogP contribution in [0.3, 0.4) is 0 Å². The van der Waals surface area contributed by atoms with Crippen molar-refractivity contribution in [1.82, 2.24) is 10.3 Å². The molecule has 0 aromatic carbocycles. The molecule has 0 spiro atoms. The van der Waals surface area contributed by atoms with Crippen LogP contribution in [0.2, 0.25) is 0 Å². The zero-order chi connectivity index (χ0) is 14.5. The van der Waals surface area contributed by atoms with Gasteiger partial charge < -0.3 is 15.8 Å². The molecule has 0 aliphatic rings. The maximum Gasteiger partial charge on any atom is 0.251 e. The van der Waals surface area contributed by atoms with E-state index in [9.17, 15) is 4.79 Å². The standard InChI is InChI=1S/C14H23N3O2/c1-5-11-7-10(8-12(15)17-11)13(18)16-9-14(3,4)19-6-2/h7-8H,5-6,9H2,1-4H3,(H2,15,17)(H,16,18). The Bertz CT molecular complexity index is 444. The number of aryl methyl sites for hydroxylation is 1. The van der Waals surface area contributed by atoms with Crippen molar-refractivity contribution in [2.24, 2.45) is 0 Å². The number of hydrogen-bond donors (Lipinski definition) is 2. The van der Waals surface area contributed by atoms with E-state index in [-0.39, 0.29) is 11.5 Å². The zero-order valence-electron chi connectivity index (χ0n) is 12.1. The van der Waals surface area contributed by atoms with Crippen LogP contribution >= 0.6 is 0 Å². The molecule has 0 fully saturated rings. The minimum atomic E-state index is -0.378. The Balaban J connectivity index is 2.71. The molecule has 106 valence electrons. The van der Waals surface area contributed by atoms with Gasteiger partial charge in [-0.3, -0.25) is 4.79 Å². The number of carbonyl (C=O) groups is 1. The first-order valence-corrected chi connectivity index (χ1v) is 6.56. The number of anilines is 1. The van der Waals surface area contributed by atoms with Gasteiger partial charge >= 0.3 is 0 Å². The van der Waals surface area contributed by atoms with E-state index in [0.717, 1.165) is 12.1 Å². The quantitative estimate of drug-likeness (QED) is 0.821. The Morgan fingerprint density at radius 1 is 1.42 bits per heavy atom. The molecule has 0 aliphatic carbocycles. The number of rotatable bonds is 6. The second-order valence-electron chi connectivity index (χ2n) is 5.00. The molecule has 0 saturated heterocycles. The summed E-state index contributed by atoms with van der Waals surface area (Å²) < 4.78 is 5.53. The molecular formula is C14H23N3O2. The van der Waals surface area contributed by atoms with Crippen molar-refractivity contribution in [2.45, 2.75) is 39.7 Å². The first kappa shape index (κ1) is 15.4. The summed E-state index contributed by atoms with van der Waals surface area (Å²) in [4.78, 5) is 16.2. The number of nitrogens with zero attached hydrogens (tertiary/aromatic N) is 1. The van der Waals surface area contributed by atoms with Gasteiger partial charge in [-0.1, -0.05) is 6.92 Å². The Morgan fingerprint density at radius 2 is 2.11 bits per heavy atom. The van der Waals surface area contributed by atoms with E-state index in [4.69, 9.17) is 10.5 Å². The third-order valence-electron chi connectivity index (χ3n) is 2.73. The topological polar surface area (TPSA) is 77.2 Å². The van der Waals surface area contributed by atoms with Crippen LogP contribution in [0.5, 0.6) is 0 Å². The molecule has 0 atom stereocenters. The molecule has 0 aliphatic heterocycles. The van der Waals surface area contributed by atoms with Gasteiger partial charge in [-0.2, -0.15) is 0 Å². The van der Waals surface area contributed by atoms with Gasteiger partial charge in [0.2, 0.25) is 0 Å². The van der Waals surface area contributed by atoms with Gasteiger partial charge in [0.25, 0.3) is 5.91 Å². The second-order valence-corrected chi connectivity index (χ2v) is 5.00. The van der Waals surface area contributed by atoms with E-state index < -0.39 is 0 Å². The van der Waals surface area contributed by atoms with Gasteiger partial charge in [0.1, 0.15) is 5.82 Å². The number of carbonyl (C=O) groups excluding carboxylic acids is 1. The average Bonchev–Trinajstić information content (AvgIpc) is 2.35. The number of nitrogens with one attached hydrogen (secondary N) is 1. The fourth-order valence-electron chi connectivity index (χ4n) is 1.76. The second kappa shape index (κ2) is 6.52. The summed E-state index contributed by atoms with van der Waals surface area (Å²) in [5.41, 5.74) is 6.66. The van der Waals surface area contributed by atoms with Gasteiger partial charge in [0.05, 0.1) is 5.60 Å². The number of nitrogens with two attached hydrogens (primary N) is 1. The van der Waals surface area contributed by atoms with Gasteiger partial charge in [-0.25, -0.2) is 4.98 Å². The summed E-state index contributed by atoms with van der Waals surface area (Å²) in [7, 11) is 0. The highest BCUT2D eigenvalue weighted by atomic mass is 16.5. The van der Waals surface area contributed by atoms with Crippen LogP contribution in [0.4, 0.5) is 5.82 Å². The Hall–Kier alpha value is -1.62. The molecule has 5 heteroatoms. The largest absolute Gasteiger partial charge is 0.384 e. The summed E-state index contributed by atoms with van der Waals surface area (Å²) in [6.45, 7) is 8.85.